The van der Waals surface area contributed by atoms with Gasteiger partial charge in [-0.1, -0.05) is 38.1 Å². The lowest BCUT2D eigenvalue weighted by Gasteiger charge is -2.05. The summed E-state index contributed by atoms with van der Waals surface area (Å²) in [4.78, 5) is 23.5. The number of Topliss-reactive ketones (excluding diaryl/α,β-unsaturated/α-hetero) is 1. The first-order valence-corrected chi connectivity index (χ1v) is 7.27. The number of likely N-dealkylation sites (N-methyl/N-ethyl adjacent to an activating group) is 1. The molecule has 0 unspecified atom stereocenters. The molecule has 4 heteroatoms. The first-order valence-electron chi connectivity index (χ1n) is 7.27. The molecule has 1 aromatic carbocycles. The third-order valence-corrected chi connectivity index (χ3v) is 3.14. The summed E-state index contributed by atoms with van der Waals surface area (Å²) in [5.74, 6) is -0.0454. The summed E-state index contributed by atoms with van der Waals surface area (Å²) in [6, 6.07) is 7.60. The van der Waals surface area contributed by atoms with Gasteiger partial charge in [0.15, 0.2) is 5.78 Å². The predicted molar refractivity (Wildman–Crippen MR) is 80.9 cm³/mol. The van der Waals surface area contributed by atoms with Crippen LogP contribution in [0.4, 0.5) is 0 Å². The molecule has 20 heavy (non-hydrogen) atoms. The Hall–Kier alpha value is -1.68. The van der Waals surface area contributed by atoms with Crippen molar-refractivity contribution < 1.29 is 9.59 Å². The highest BCUT2D eigenvalue weighted by Crippen LogP contribution is 2.08. The summed E-state index contributed by atoms with van der Waals surface area (Å²) in [5.41, 5.74) is 1.89. The van der Waals surface area contributed by atoms with Crippen LogP contribution in [0.25, 0.3) is 0 Å². The smallest absolute Gasteiger partial charge is 0.220 e. The molecule has 0 spiro atoms. The van der Waals surface area contributed by atoms with E-state index in [1.807, 2.05) is 31.2 Å². The molecule has 1 amide bonds. The SMILES string of the molecule is CCNCCNC(=O)CCC(=O)c1ccc(CC)cc1. The lowest BCUT2D eigenvalue weighted by molar-refractivity contribution is -0.121. The zero-order valence-electron chi connectivity index (χ0n) is 12.4. The minimum absolute atomic E-state index is 0.0227. The van der Waals surface area contributed by atoms with Gasteiger partial charge in [-0.2, -0.15) is 0 Å². The van der Waals surface area contributed by atoms with E-state index in [0.717, 1.165) is 19.5 Å². The molecule has 1 rings (SSSR count). The van der Waals surface area contributed by atoms with E-state index in [1.165, 1.54) is 5.56 Å². The van der Waals surface area contributed by atoms with E-state index in [9.17, 15) is 9.59 Å². The summed E-state index contributed by atoms with van der Waals surface area (Å²) in [5, 5.41) is 5.91. The first kappa shape index (κ1) is 16.4. The maximum absolute atomic E-state index is 11.9. The Labute approximate surface area is 121 Å². The van der Waals surface area contributed by atoms with Crippen molar-refractivity contribution in [2.24, 2.45) is 0 Å². The standard InChI is InChI=1S/C16H24N2O2/c1-3-13-5-7-14(8-6-13)15(19)9-10-16(20)18-12-11-17-4-2/h5-8,17H,3-4,9-12H2,1-2H3,(H,18,20). The van der Waals surface area contributed by atoms with Crippen molar-refractivity contribution in [2.45, 2.75) is 33.1 Å². The Balaban J connectivity index is 2.29. The summed E-state index contributed by atoms with van der Waals surface area (Å²) in [6.07, 6.45) is 1.47. The van der Waals surface area contributed by atoms with Crippen molar-refractivity contribution in [2.75, 3.05) is 19.6 Å². The van der Waals surface area contributed by atoms with Gasteiger partial charge in [0.2, 0.25) is 5.91 Å². The molecule has 0 atom stereocenters. The Morgan fingerprint density at radius 1 is 1.00 bits per heavy atom. The maximum atomic E-state index is 11.9. The summed E-state index contributed by atoms with van der Waals surface area (Å²) >= 11 is 0. The van der Waals surface area contributed by atoms with Crippen molar-refractivity contribution >= 4 is 11.7 Å². The van der Waals surface area contributed by atoms with E-state index in [-0.39, 0.29) is 24.5 Å². The van der Waals surface area contributed by atoms with Crippen molar-refractivity contribution in [1.82, 2.24) is 10.6 Å². The minimum Gasteiger partial charge on any atom is -0.355 e. The molecule has 110 valence electrons. The molecule has 0 aromatic heterocycles. The van der Waals surface area contributed by atoms with Gasteiger partial charge in [-0.05, 0) is 18.5 Å². The number of hydrogen-bond acceptors (Lipinski definition) is 3. The highest BCUT2D eigenvalue weighted by molar-refractivity contribution is 5.97. The monoisotopic (exact) mass is 276 g/mol. The Morgan fingerprint density at radius 2 is 1.70 bits per heavy atom. The fraction of sp³-hybridized carbons (Fsp3) is 0.500. The minimum atomic E-state index is -0.0681. The van der Waals surface area contributed by atoms with Crippen LogP contribution in [-0.4, -0.2) is 31.3 Å². The molecular weight excluding hydrogens is 252 g/mol. The maximum Gasteiger partial charge on any atom is 0.220 e. The molecule has 0 aliphatic rings. The van der Waals surface area contributed by atoms with E-state index >= 15 is 0 Å². The van der Waals surface area contributed by atoms with Crippen LogP contribution in [-0.2, 0) is 11.2 Å². The zero-order valence-corrected chi connectivity index (χ0v) is 12.4. The zero-order chi connectivity index (χ0) is 14.8. The number of amides is 1. The lowest BCUT2D eigenvalue weighted by Crippen LogP contribution is -2.31. The average Bonchev–Trinajstić information content (AvgIpc) is 2.49. The number of hydrogen-bond donors (Lipinski definition) is 2. The number of ketones is 1. The Kier molecular flexibility index (Phi) is 7.58. The molecule has 0 aliphatic heterocycles. The predicted octanol–water partition coefficient (Wildman–Crippen LogP) is 1.94. The Bertz CT molecular complexity index is 427. The fourth-order valence-electron chi connectivity index (χ4n) is 1.85. The van der Waals surface area contributed by atoms with Crippen LogP contribution in [0, 0.1) is 0 Å². The van der Waals surface area contributed by atoms with Gasteiger partial charge in [0.25, 0.3) is 0 Å². The largest absolute Gasteiger partial charge is 0.355 e. The van der Waals surface area contributed by atoms with Crippen LogP contribution in [0.2, 0.25) is 0 Å². The van der Waals surface area contributed by atoms with Gasteiger partial charge >= 0.3 is 0 Å². The van der Waals surface area contributed by atoms with Gasteiger partial charge in [-0.3, -0.25) is 9.59 Å². The van der Waals surface area contributed by atoms with Gasteiger partial charge in [0.05, 0.1) is 0 Å². The topological polar surface area (TPSA) is 58.2 Å². The second-order valence-corrected chi connectivity index (χ2v) is 4.68. The summed E-state index contributed by atoms with van der Waals surface area (Å²) < 4.78 is 0. The number of nitrogens with one attached hydrogen (secondary N) is 2. The van der Waals surface area contributed by atoms with Crippen LogP contribution in [0.15, 0.2) is 24.3 Å². The van der Waals surface area contributed by atoms with Crippen LogP contribution < -0.4 is 10.6 Å². The molecule has 0 fully saturated rings. The molecule has 0 saturated heterocycles. The van der Waals surface area contributed by atoms with Crippen molar-refractivity contribution in [3.63, 3.8) is 0 Å². The molecule has 0 heterocycles. The summed E-state index contributed by atoms with van der Waals surface area (Å²) in [6.45, 7) is 6.35. The van der Waals surface area contributed by atoms with Crippen molar-refractivity contribution in [1.29, 1.82) is 0 Å². The number of aryl methyl sites for hydroxylation is 1. The van der Waals surface area contributed by atoms with E-state index in [1.54, 1.807) is 0 Å². The van der Waals surface area contributed by atoms with E-state index < -0.39 is 0 Å². The fourth-order valence-corrected chi connectivity index (χ4v) is 1.85. The molecule has 0 bridgehead atoms. The van der Waals surface area contributed by atoms with Crippen LogP contribution >= 0.6 is 0 Å². The third-order valence-electron chi connectivity index (χ3n) is 3.14. The number of rotatable bonds is 9. The molecule has 0 radical (unpaired) electrons. The normalized spacial score (nSPS) is 10.3. The molecular formula is C16H24N2O2. The van der Waals surface area contributed by atoms with Crippen molar-refractivity contribution in [3.05, 3.63) is 35.4 Å². The average molecular weight is 276 g/mol. The summed E-state index contributed by atoms with van der Waals surface area (Å²) in [7, 11) is 0. The molecule has 1 aromatic rings. The van der Waals surface area contributed by atoms with Crippen molar-refractivity contribution in [3.8, 4) is 0 Å². The third kappa shape index (κ3) is 5.97. The first-order chi connectivity index (χ1) is 9.67. The van der Waals surface area contributed by atoms with Gasteiger partial charge in [-0.15, -0.1) is 0 Å². The van der Waals surface area contributed by atoms with E-state index in [0.29, 0.717) is 12.1 Å². The number of carbonyl (C=O) groups excluding carboxylic acids is 2. The van der Waals surface area contributed by atoms with Crippen LogP contribution in [0.1, 0.15) is 42.6 Å². The van der Waals surface area contributed by atoms with E-state index in [4.69, 9.17) is 0 Å². The molecule has 4 nitrogen and oxygen atoms in total. The quantitative estimate of drug-likeness (QED) is 0.535. The molecule has 0 saturated carbocycles. The number of benzene rings is 1. The second-order valence-electron chi connectivity index (χ2n) is 4.68. The molecule has 0 aliphatic carbocycles. The van der Waals surface area contributed by atoms with Gasteiger partial charge in [0, 0.05) is 31.5 Å². The van der Waals surface area contributed by atoms with Gasteiger partial charge in [0.1, 0.15) is 0 Å². The number of carbonyl (C=O) groups is 2. The van der Waals surface area contributed by atoms with Gasteiger partial charge in [-0.25, -0.2) is 0 Å². The van der Waals surface area contributed by atoms with Gasteiger partial charge < -0.3 is 10.6 Å². The lowest BCUT2D eigenvalue weighted by atomic mass is 10.0. The van der Waals surface area contributed by atoms with E-state index in [2.05, 4.69) is 17.6 Å². The van der Waals surface area contributed by atoms with Crippen LogP contribution in [0.3, 0.4) is 0 Å². The highest BCUT2D eigenvalue weighted by atomic mass is 16.2. The molecule has 2 N–H and O–H groups in total. The Morgan fingerprint density at radius 3 is 2.30 bits per heavy atom. The second kappa shape index (κ2) is 9.26. The van der Waals surface area contributed by atoms with Crippen LogP contribution in [0.5, 0.6) is 0 Å². The highest BCUT2D eigenvalue weighted by Gasteiger charge is 2.08.